The molecule has 3 rings (SSSR count). The number of benzene rings is 1. The van der Waals surface area contributed by atoms with E-state index in [1.165, 1.54) is 18.6 Å². The van der Waals surface area contributed by atoms with Crippen LogP contribution < -0.4 is 10.6 Å². The maximum Gasteiger partial charge on any atom is 0.229 e. The van der Waals surface area contributed by atoms with E-state index in [2.05, 4.69) is 25.7 Å². The maximum absolute atomic E-state index is 9.69. The molecule has 3 aromatic rings. The van der Waals surface area contributed by atoms with Crippen molar-refractivity contribution in [1.82, 2.24) is 19.7 Å². The predicted octanol–water partition coefficient (Wildman–Crippen LogP) is 0.613. The molecule has 0 saturated heterocycles. The first-order valence-corrected chi connectivity index (χ1v) is 8.55. The molecule has 2 heterocycles. The van der Waals surface area contributed by atoms with Crippen LogP contribution in [-0.2, 0) is 11.9 Å². The van der Waals surface area contributed by atoms with Gasteiger partial charge in [0.25, 0.3) is 0 Å². The van der Waals surface area contributed by atoms with Gasteiger partial charge < -0.3 is 15.7 Å². The number of hydrogen-bond acceptors (Lipinski definition) is 6. The van der Waals surface area contributed by atoms with Crippen molar-refractivity contribution in [3.63, 3.8) is 0 Å². The standard InChI is InChI=1S/C16H13B4ClN6O/c17-15(18,16(19,20)28)27-9-11(7-24-27)25-14-23-8-12(21)13(26-14)22-6-10-4-2-1-3-5-10/h1-5,7-9,28H,6H2,(H2,22,23,25,26). The molecule has 132 valence electrons. The van der Waals surface area contributed by atoms with Crippen molar-refractivity contribution >= 4 is 60.4 Å². The lowest BCUT2D eigenvalue weighted by atomic mass is 9.40. The fraction of sp³-hybridized carbons (Fsp3) is 0.188. The molecule has 12 heteroatoms. The van der Waals surface area contributed by atoms with E-state index in [0.29, 0.717) is 23.1 Å². The smallest absolute Gasteiger partial charge is 0.229 e. The van der Waals surface area contributed by atoms with Gasteiger partial charge in [0.2, 0.25) is 5.95 Å². The largest absolute Gasteiger partial charge is 0.408 e. The summed E-state index contributed by atoms with van der Waals surface area (Å²) in [5, 5.41) is 15.7. The first-order valence-electron chi connectivity index (χ1n) is 8.17. The molecule has 0 aliphatic carbocycles. The zero-order valence-corrected chi connectivity index (χ0v) is 15.5. The summed E-state index contributed by atoms with van der Waals surface area (Å²) in [5.74, 6) is 0.718. The topological polar surface area (TPSA) is 87.9 Å². The maximum atomic E-state index is 9.69. The van der Waals surface area contributed by atoms with Crippen molar-refractivity contribution in [2.24, 2.45) is 0 Å². The molecule has 0 aliphatic heterocycles. The number of anilines is 3. The van der Waals surface area contributed by atoms with Crippen molar-refractivity contribution < 1.29 is 5.11 Å². The van der Waals surface area contributed by atoms with Crippen molar-refractivity contribution in [1.29, 1.82) is 0 Å². The highest BCUT2D eigenvalue weighted by molar-refractivity contribution is 6.52. The third kappa shape index (κ3) is 4.54. The molecule has 0 aliphatic rings. The Labute approximate surface area is 172 Å². The molecule has 28 heavy (non-hydrogen) atoms. The summed E-state index contributed by atoms with van der Waals surface area (Å²) in [6.45, 7) is 0.545. The third-order valence-electron chi connectivity index (χ3n) is 3.91. The van der Waals surface area contributed by atoms with Crippen LogP contribution in [0.2, 0.25) is 5.02 Å². The minimum Gasteiger partial charge on any atom is -0.408 e. The van der Waals surface area contributed by atoms with Gasteiger partial charge in [0.1, 0.15) is 20.7 Å². The fourth-order valence-corrected chi connectivity index (χ4v) is 2.39. The van der Waals surface area contributed by atoms with Gasteiger partial charge in [-0.1, -0.05) is 41.9 Å². The number of aliphatic hydroxyl groups is 1. The van der Waals surface area contributed by atoms with Gasteiger partial charge >= 0.3 is 0 Å². The van der Waals surface area contributed by atoms with E-state index in [0.717, 1.165) is 10.2 Å². The van der Waals surface area contributed by atoms with Crippen LogP contribution in [0.15, 0.2) is 48.9 Å². The summed E-state index contributed by atoms with van der Waals surface area (Å²) in [7, 11) is 22.3. The van der Waals surface area contributed by atoms with Crippen LogP contribution in [0.4, 0.5) is 17.5 Å². The van der Waals surface area contributed by atoms with Crippen LogP contribution in [-0.4, -0.2) is 61.6 Å². The Bertz CT molecular complexity index is 948. The lowest BCUT2D eigenvalue weighted by molar-refractivity contribution is 0.156. The Hall–Kier alpha value is -2.38. The molecule has 7 nitrogen and oxygen atoms in total. The van der Waals surface area contributed by atoms with Crippen LogP contribution in [0, 0.1) is 0 Å². The lowest BCUT2D eigenvalue weighted by Gasteiger charge is -2.40. The van der Waals surface area contributed by atoms with E-state index in [4.69, 9.17) is 43.0 Å². The monoisotopic (exact) mass is 384 g/mol. The van der Waals surface area contributed by atoms with Crippen LogP contribution in [0.25, 0.3) is 0 Å². The molecule has 0 saturated carbocycles. The Balaban J connectivity index is 1.73. The second kappa shape index (κ2) is 7.93. The van der Waals surface area contributed by atoms with Crippen molar-refractivity contribution in [3.05, 3.63) is 59.5 Å². The van der Waals surface area contributed by atoms with E-state index in [1.807, 2.05) is 30.3 Å². The number of nitrogens with zero attached hydrogens (tertiary/aromatic N) is 4. The zero-order valence-electron chi connectivity index (χ0n) is 14.7. The van der Waals surface area contributed by atoms with Crippen LogP contribution in [0.3, 0.4) is 0 Å². The van der Waals surface area contributed by atoms with Gasteiger partial charge in [-0.3, -0.25) is 4.68 Å². The Morgan fingerprint density at radius 3 is 2.50 bits per heavy atom. The van der Waals surface area contributed by atoms with E-state index in [-0.39, 0.29) is 5.95 Å². The molecule has 0 bridgehead atoms. The highest BCUT2D eigenvalue weighted by atomic mass is 35.5. The average Bonchev–Trinajstić information content (AvgIpc) is 3.11. The van der Waals surface area contributed by atoms with E-state index >= 15 is 0 Å². The Morgan fingerprint density at radius 1 is 1.11 bits per heavy atom. The summed E-state index contributed by atoms with van der Waals surface area (Å²) in [4.78, 5) is 8.46. The summed E-state index contributed by atoms with van der Waals surface area (Å²) in [6, 6.07) is 9.80. The number of halogens is 1. The molecule has 2 aromatic heterocycles. The van der Waals surface area contributed by atoms with Gasteiger partial charge in [-0.15, -0.1) is 0 Å². The molecule has 0 amide bonds. The number of aromatic nitrogens is 4. The molecule has 0 unspecified atom stereocenters. The van der Waals surface area contributed by atoms with Crippen molar-refractivity contribution in [3.8, 4) is 0 Å². The first kappa shape index (κ1) is 20.4. The quantitative estimate of drug-likeness (QED) is 0.518. The minimum atomic E-state index is -2.39. The number of nitrogens with one attached hydrogen (secondary N) is 2. The summed E-state index contributed by atoms with van der Waals surface area (Å²) < 4.78 is 1.03. The summed E-state index contributed by atoms with van der Waals surface area (Å²) >= 11 is 6.16. The second-order valence-corrected chi connectivity index (χ2v) is 6.59. The predicted molar refractivity (Wildman–Crippen MR) is 112 cm³/mol. The number of hydrogen-bond donors (Lipinski definition) is 3. The SMILES string of the molecule is [B]C([B])(O)C([B])([B])n1cc(Nc2ncc(Cl)c(NCc3ccccc3)n2)cn1. The molecule has 0 spiro atoms. The average molecular weight is 384 g/mol. The molecule has 8 radical (unpaired) electrons. The normalized spacial score (nSPS) is 11.9. The van der Waals surface area contributed by atoms with E-state index in [9.17, 15) is 5.11 Å². The lowest BCUT2D eigenvalue weighted by Crippen LogP contribution is -2.58. The van der Waals surface area contributed by atoms with Crippen LogP contribution in [0.1, 0.15) is 5.56 Å². The third-order valence-corrected chi connectivity index (χ3v) is 4.18. The van der Waals surface area contributed by atoms with E-state index in [1.54, 1.807) is 0 Å². The number of rotatable bonds is 7. The second-order valence-electron chi connectivity index (χ2n) is 6.18. The summed E-state index contributed by atoms with van der Waals surface area (Å²) in [6.07, 6.45) is 4.26. The molecular formula is C16H13B4ClN6O. The minimum absolute atomic E-state index is 0.259. The van der Waals surface area contributed by atoms with Gasteiger partial charge in [0, 0.05) is 12.7 Å². The van der Waals surface area contributed by atoms with Gasteiger partial charge in [0.15, 0.2) is 5.82 Å². The molecular weight excluding hydrogens is 371 g/mol. The van der Waals surface area contributed by atoms with Gasteiger partial charge in [-0.05, 0) is 16.3 Å². The zero-order chi connectivity index (χ0) is 20.4. The highest BCUT2D eigenvalue weighted by Gasteiger charge is 2.35. The van der Waals surface area contributed by atoms with Crippen molar-refractivity contribution in [2.45, 2.75) is 17.3 Å². The first-order chi connectivity index (χ1) is 13.2. The van der Waals surface area contributed by atoms with Crippen LogP contribution in [0.5, 0.6) is 0 Å². The molecule has 0 atom stereocenters. The molecule has 0 fully saturated rings. The molecule has 3 N–H and O–H groups in total. The Morgan fingerprint density at radius 2 is 1.82 bits per heavy atom. The van der Waals surface area contributed by atoms with Gasteiger partial charge in [0.05, 0.1) is 33.8 Å². The van der Waals surface area contributed by atoms with Gasteiger partial charge in [-0.25, -0.2) is 4.98 Å². The molecule has 1 aromatic carbocycles. The van der Waals surface area contributed by atoms with Gasteiger partial charge in [-0.2, -0.15) is 10.1 Å². The summed E-state index contributed by atoms with van der Waals surface area (Å²) in [5.41, 5.74) is 1.52. The van der Waals surface area contributed by atoms with Crippen LogP contribution >= 0.6 is 11.6 Å². The Kier molecular flexibility index (Phi) is 5.76. The van der Waals surface area contributed by atoms with E-state index < -0.39 is 10.7 Å². The fourth-order valence-electron chi connectivity index (χ4n) is 2.24. The van der Waals surface area contributed by atoms with Crippen molar-refractivity contribution in [2.75, 3.05) is 10.6 Å². The highest BCUT2D eigenvalue weighted by Crippen LogP contribution is 2.24.